The molecule has 0 aliphatic carbocycles. The lowest BCUT2D eigenvalue weighted by Crippen LogP contribution is -2.40. The van der Waals surface area contributed by atoms with Crippen molar-refractivity contribution in [2.24, 2.45) is 0 Å². The molecule has 1 atom stereocenters. The minimum atomic E-state index is -3.17. The Hall–Kier alpha value is -2.70. The third-order valence-electron chi connectivity index (χ3n) is 6.97. The van der Waals surface area contributed by atoms with Crippen molar-refractivity contribution < 1.29 is 9.13 Å². The summed E-state index contributed by atoms with van der Waals surface area (Å²) in [6.07, 6.45) is 0.332. The quantitative estimate of drug-likeness (QED) is 0.240. The Balaban J connectivity index is 1.93. The van der Waals surface area contributed by atoms with Crippen molar-refractivity contribution in [3.8, 4) is 0 Å². The van der Waals surface area contributed by atoms with Crippen molar-refractivity contribution in [2.75, 3.05) is 25.8 Å². The number of hydrogen-bond donors (Lipinski definition) is 0. The van der Waals surface area contributed by atoms with Crippen LogP contribution in [0, 0.1) is 0 Å². The summed E-state index contributed by atoms with van der Waals surface area (Å²) in [5.41, 5.74) is -0.326. The lowest BCUT2D eigenvalue weighted by atomic mass is 10.3. The van der Waals surface area contributed by atoms with Gasteiger partial charge >= 0.3 is 0 Å². The van der Waals surface area contributed by atoms with Gasteiger partial charge in [-0.2, -0.15) is 0 Å². The standard InChI is InChI=1S/C31H35NO2P2/c1-3-32(4-2)25-31(36(34,29-21-13-7-14-22-29)30-23-15-8-16-24-30)26-35(33,27-17-9-5-10-18-27)28-19-11-6-12-20-28/h5-24,31H,3-4,25-26H2,1-2H3. The van der Waals surface area contributed by atoms with Crippen molar-refractivity contribution >= 4 is 35.5 Å². The average molecular weight is 516 g/mol. The first kappa shape index (κ1) is 26.4. The Morgan fingerprint density at radius 2 is 0.889 bits per heavy atom. The second-order valence-corrected chi connectivity index (χ2v) is 15.0. The van der Waals surface area contributed by atoms with Gasteiger partial charge in [0, 0.05) is 39.6 Å². The maximum absolute atomic E-state index is 15.5. The Morgan fingerprint density at radius 3 is 1.22 bits per heavy atom. The summed E-state index contributed by atoms with van der Waals surface area (Å²) in [6.45, 7) is 6.56. The molecule has 0 spiro atoms. The summed E-state index contributed by atoms with van der Waals surface area (Å²) < 4.78 is 30.6. The van der Waals surface area contributed by atoms with Gasteiger partial charge in [0.2, 0.25) is 0 Å². The predicted molar refractivity (Wildman–Crippen MR) is 156 cm³/mol. The van der Waals surface area contributed by atoms with Gasteiger partial charge < -0.3 is 14.0 Å². The molecule has 0 saturated carbocycles. The van der Waals surface area contributed by atoms with E-state index in [2.05, 4.69) is 18.7 Å². The van der Waals surface area contributed by atoms with Crippen molar-refractivity contribution in [3.63, 3.8) is 0 Å². The zero-order chi connectivity index (χ0) is 25.4. The van der Waals surface area contributed by atoms with Crippen molar-refractivity contribution in [2.45, 2.75) is 19.5 Å². The highest BCUT2D eigenvalue weighted by molar-refractivity contribution is 7.82. The van der Waals surface area contributed by atoms with E-state index in [9.17, 15) is 0 Å². The molecular formula is C31H35NO2P2. The smallest absolute Gasteiger partial charge is 0.147 e. The fraction of sp³-hybridized carbons (Fsp3) is 0.226. The van der Waals surface area contributed by atoms with E-state index in [1.807, 2.05) is 121 Å². The third kappa shape index (κ3) is 5.50. The predicted octanol–water partition coefficient (Wildman–Crippen LogP) is 5.73. The summed E-state index contributed by atoms with van der Waals surface area (Å²) in [6, 6.07) is 39.1. The van der Waals surface area contributed by atoms with Crippen LogP contribution in [0.25, 0.3) is 0 Å². The molecule has 0 bridgehead atoms. The van der Waals surface area contributed by atoms with Crippen LogP contribution in [0.4, 0.5) is 0 Å². The largest absolute Gasteiger partial charge is 0.314 e. The number of benzene rings is 4. The number of nitrogens with zero attached hydrogens (tertiary/aromatic N) is 1. The van der Waals surface area contributed by atoms with Crippen LogP contribution in [0.15, 0.2) is 121 Å². The van der Waals surface area contributed by atoms with E-state index in [1.54, 1.807) is 0 Å². The van der Waals surface area contributed by atoms with Crippen molar-refractivity contribution in [3.05, 3.63) is 121 Å². The molecule has 0 aliphatic rings. The summed E-state index contributed by atoms with van der Waals surface area (Å²) >= 11 is 0. The molecule has 3 nitrogen and oxygen atoms in total. The van der Waals surface area contributed by atoms with Crippen molar-refractivity contribution in [1.29, 1.82) is 0 Å². The highest BCUT2D eigenvalue weighted by atomic mass is 31.2. The first-order valence-electron chi connectivity index (χ1n) is 12.7. The molecule has 5 heteroatoms. The molecule has 4 rings (SSSR count). The topological polar surface area (TPSA) is 37.4 Å². The maximum Gasteiger partial charge on any atom is 0.147 e. The fourth-order valence-electron chi connectivity index (χ4n) is 4.93. The van der Waals surface area contributed by atoms with Crippen LogP contribution in [-0.4, -0.2) is 36.4 Å². The second kappa shape index (κ2) is 12.0. The molecule has 4 aromatic rings. The first-order chi connectivity index (χ1) is 17.5. The number of hydrogen-bond acceptors (Lipinski definition) is 3. The molecule has 0 radical (unpaired) electrons. The maximum atomic E-state index is 15.5. The molecule has 1 unspecified atom stereocenters. The monoisotopic (exact) mass is 515 g/mol. The Bertz CT molecular complexity index is 1220. The van der Waals surface area contributed by atoms with Crippen LogP contribution in [0.5, 0.6) is 0 Å². The van der Waals surface area contributed by atoms with Gasteiger partial charge in [-0.1, -0.05) is 135 Å². The van der Waals surface area contributed by atoms with E-state index in [1.165, 1.54) is 0 Å². The molecule has 0 N–H and O–H groups in total. The zero-order valence-electron chi connectivity index (χ0n) is 21.1. The lowest BCUT2D eigenvalue weighted by molar-refractivity contribution is 0.306. The van der Waals surface area contributed by atoms with Gasteiger partial charge in [-0.05, 0) is 13.1 Å². The van der Waals surface area contributed by atoms with E-state index in [0.717, 1.165) is 34.3 Å². The summed E-state index contributed by atoms with van der Waals surface area (Å²) in [4.78, 5) is 2.31. The van der Waals surface area contributed by atoms with Crippen LogP contribution in [-0.2, 0) is 9.13 Å². The van der Waals surface area contributed by atoms with Gasteiger partial charge in [0.05, 0.1) is 0 Å². The summed E-state index contributed by atoms with van der Waals surface area (Å²) in [7, 11) is -6.26. The van der Waals surface area contributed by atoms with Gasteiger partial charge in [-0.3, -0.25) is 0 Å². The van der Waals surface area contributed by atoms with E-state index < -0.39 is 14.3 Å². The SMILES string of the molecule is CCN(CC)CC(CP(=O)(c1ccccc1)c1ccccc1)P(=O)(c1ccccc1)c1ccccc1. The van der Waals surface area contributed by atoms with Crippen LogP contribution < -0.4 is 21.2 Å². The molecule has 0 aliphatic heterocycles. The van der Waals surface area contributed by atoms with Gasteiger partial charge in [-0.25, -0.2) is 0 Å². The highest BCUT2D eigenvalue weighted by Gasteiger charge is 2.42. The minimum absolute atomic E-state index is 0.326. The molecule has 0 amide bonds. The lowest BCUT2D eigenvalue weighted by Gasteiger charge is -2.35. The molecular weight excluding hydrogens is 480 g/mol. The highest BCUT2D eigenvalue weighted by Crippen LogP contribution is 2.55. The molecule has 186 valence electrons. The van der Waals surface area contributed by atoms with Crippen LogP contribution in [0.3, 0.4) is 0 Å². The second-order valence-electron chi connectivity index (χ2n) is 9.06. The van der Waals surface area contributed by atoms with Gasteiger partial charge in [-0.15, -0.1) is 0 Å². The van der Waals surface area contributed by atoms with Crippen LogP contribution in [0.2, 0.25) is 0 Å². The Morgan fingerprint density at radius 1 is 0.556 bits per heavy atom. The van der Waals surface area contributed by atoms with E-state index in [4.69, 9.17) is 0 Å². The van der Waals surface area contributed by atoms with Crippen LogP contribution >= 0.6 is 14.3 Å². The summed E-state index contributed by atoms with van der Waals surface area (Å²) in [5.74, 6) is 0. The number of rotatable bonds is 11. The normalized spacial score (nSPS) is 13.0. The van der Waals surface area contributed by atoms with Gasteiger partial charge in [0.1, 0.15) is 14.3 Å². The van der Waals surface area contributed by atoms with Crippen molar-refractivity contribution in [1.82, 2.24) is 4.90 Å². The zero-order valence-corrected chi connectivity index (χ0v) is 22.9. The first-order valence-corrected chi connectivity index (χ1v) is 16.3. The minimum Gasteiger partial charge on any atom is -0.314 e. The van der Waals surface area contributed by atoms with Crippen LogP contribution in [0.1, 0.15) is 13.8 Å². The van der Waals surface area contributed by atoms with E-state index in [0.29, 0.717) is 12.7 Å². The van der Waals surface area contributed by atoms with Gasteiger partial charge in [0.25, 0.3) is 0 Å². The van der Waals surface area contributed by atoms with Gasteiger partial charge in [0.15, 0.2) is 0 Å². The van der Waals surface area contributed by atoms with E-state index >= 15 is 9.13 Å². The van der Waals surface area contributed by atoms with E-state index in [-0.39, 0.29) is 5.66 Å². The average Bonchev–Trinajstić information content (AvgIpc) is 2.96. The third-order valence-corrected chi connectivity index (χ3v) is 14.0. The summed E-state index contributed by atoms with van der Waals surface area (Å²) in [5, 5.41) is 3.27. The Labute approximate surface area is 215 Å². The molecule has 0 saturated heterocycles. The Kier molecular flexibility index (Phi) is 8.81. The molecule has 0 fully saturated rings. The molecule has 0 aromatic heterocycles. The molecule has 36 heavy (non-hydrogen) atoms. The fourth-order valence-corrected chi connectivity index (χ4v) is 12.1. The molecule has 4 aromatic carbocycles. The molecule has 0 heterocycles.